The van der Waals surface area contributed by atoms with Gasteiger partial charge in [0.1, 0.15) is 0 Å². The van der Waals surface area contributed by atoms with Crippen molar-refractivity contribution >= 4 is 34.9 Å². The number of fused-ring (bicyclic) bond motifs is 1. The van der Waals surface area contributed by atoms with Crippen LogP contribution in [0.25, 0.3) is 11.0 Å². The lowest BCUT2D eigenvalue weighted by Gasteiger charge is -2.04. The van der Waals surface area contributed by atoms with Crippen molar-refractivity contribution in [2.45, 2.75) is 32.0 Å². The zero-order valence-electron chi connectivity index (χ0n) is 15.0. The van der Waals surface area contributed by atoms with Crippen molar-refractivity contribution in [3.63, 3.8) is 0 Å². The van der Waals surface area contributed by atoms with E-state index in [0.717, 1.165) is 34.7 Å². The zero-order valence-corrected chi connectivity index (χ0v) is 15.8. The Hall–Kier alpha value is -2.60. The average molecular weight is 366 g/mol. The second kappa shape index (κ2) is 8.67. The van der Waals surface area contributed by atoms with E-state index in [1.54, 1.807) is 6.21 Å². The number of imidazole rings is 1. The molecule has 0 radical (unpaired) electrons. The molecule has 26 heavy (non-hydrogen) atoms. The largest absolute Gasteiger partial charge is 0.319 e. The fourth-order valence-electron chi connectivity index (χ4n) is 2.65. The highest BCUT2D eigenvalue weighted by Crippen LogP contribution is 2.23. The van der Waals surface area contributed by atoms with Gasteiger partial charge in [0, 0.05) is 6.54 Å². The molecule has 0 aliphatic rings. The number of aromatic nitrogens is 2. The molecule has 0 atom stereocenters. The molecule has 1 aromatic heterocycles. The SMILES string of the molecule is CCc1ccc(/C=N/NC(=O)CSc2nc3ccccc3n2CC)cc1. The number of hydrogen-bond donors (Lipinski definition) is 1. The Labute approximate surface area is 157 Å². The van der Waals surface area contributed by atoms with Crippen LogP contribution in [0.1, 0.15) is 25.0 Å². The minimum Gasteiger partial charge on any atom is -0.319 e. The Kier molecular flexibility index (Phi) is 6.07. The van der Waals surface area contributed by atoms with E-state index < -0.39 is 0 Å². The molecular weight excluding hydrogens is 344 g/mol. The molecule has 3 rings (SSSR count). The highest BCUT2D eigenvalue weighted by Gasteiger charge is 2.11. The van der Waals surface area contributed by atoms with Crippen LogP contribution in [0, 0.1) is 0 Å². The van der Waals surface area contributed by atoms with Crippen LogP contribution in [0.2, 0.25) is 0 Å². The summed E-state index contributed by atoms with van der Waals surface area (Å²) in [7, 11) is 0. The van der Waals surface area contributed by atoms with E-state index in [1.807, 2.05) is 36.4 Å². The number of nitrogens with zero attached hydrogens (tertiary/aromatic N) is 3. The molecule has 2 aromatic carbocycles. The Morgan fingerprint density at radius 1 is 1.19 bits per heavy atom. The number of aryl methyl sites for hydroxylation is 2. The molecule has 1 amide bonds. The lowest BCUT2D eigenvalue weighted by molar-refractivity contribution is -0.118. The Balaban J connectivity index is 1.56. The number of carbonyl (C=O) groups is 1. The number of hydrazone groups is 1. The quantitative estimate of drug-likeness (QED) is 0.392. The number of carbonyl (C=O) groups excluding carboxylic acids is 1. The maximum absolute atomic E-state index is 12.0. The van der Waals surface area contributed by atoms with E-state index in [-0.39, 0.29) is 11.7 Å². The lowest BCUT2D eigenvalue weighted by Crippen LogP contribution is -2.20. The molecule has 0 unspecified atom stereocenters. The van der Waals surface area contributed by atoms with Gasteiger partial charge in [0.2, 0.25) is 0 Å². The van der Waals surface area contributed by atoms with Crippen molar-refractivity contribution in [1.29, 1.82) is 0 Å². The summed E-state index contributed by atoms with van der Waals surface area (Å²) < 4.78 is 2.12. The van der Waals surface area contributed by atoms with E-state index in [2.05, 4.69) is 46.1 Å². The number of para-hydroxylation sites is 2. The van der Waals surface area contributed by atoms with E-state index in [4.69, 9.17) is 0 Å². The van der Waals surface area contributed by atoms with E-state index >= 15 is 0 Å². The van der Waals surface area contributed by atoms with Crippen molar-refractivity contribution in [2.75, 3.05) is 5.75 Å². The van der Waals surface area contributed by atoms with Crippen LogP contribution >= 0.6 is 11.8 Å². The number of rotatable bonds is 7. The standard InChI is InChI=1S/C20H22N4OS/c1-3-15-9-11-16(12-10-15)13-21-23-19(25)14-26-20-22-17-7-5-6-8-18(17)24(20)4-2/h5-13H,3-4,14H2,1-2H3,(H,23,25)/b21-13+. The van der Waals surface area contributed by atoms with Crippen LogP contribution in [-0.4, -0.2) is 27.4 Å². The Morgan fingerprint density at radius 3 is 2.69 bits per heavy atom. The van der Waals surface area contributed by atoms with Gasteiger partial charge in [-0.25, -0.2) is 10.4 Å². The molecule has 0 bridgehead atoms. The van der Waals surface area contributed by atoms with Gasteiger partial charge in [-0.1, -0.05) is 55.1 Å². The molecule has 0 aliphatic carbocycles. The fraction of sp³-hybridized carbons (Fsp3) is 0.250. The first-order valence-corrected chi connectivity index (χ1v) is 9.68. The minimum absolute atomic E-state index is 0.147. The maximum atomic E-state index is 12.0. The molecule has 0 saturated heterocycles. The molecule has 0 fully saturated rings. The van der Waals surface area contributed by atoms with Gasteiger partial charge in [0.05, 0.1) is 23.0 Å². The summed E-state index contributed by atoms with van der Waals surface area (Å²) in [5, 5.41) is 4.88. The Bertz CT molecular complexity index is 915. The van der Waals surface area contributed by atoms with E-state index in [9.17, 15) is 4.79 Å². The van der Waals surface area contributed by atoms with Crippen LogP contribution in [0.3, 0.4) is 0 Å². The van der Waals surface area contributed by atoms with Gasteiger partial charge < -0.3 is 4.57 Å². The third-order valence-electron chi connectivity index (χ3n) is 4.06. The van der Waals surface area contributed by atoms with Gasteiger partial charge in [0.15, 0.2) is 5.16 Å². The summed E-state index contributed by atoms with van der Waals surface area (Å²) in [5.41, 5.74) is 6.85. The molecule has 1 N–H and O–H groups in total. The third-order valence-corrected chi connectivity index (χ3v) is 5.04. The van der Waals surface area contributed by atoms with Gasteiger partial charge in [-0.3, -0.25) is 4.79 Å². The molecule has 134 valence electrons. The predicted molar refractivity (Wildman–Crippen MR) is 108 cm³/mol. The summed E-state index contributed by atoms with van der Waals surface area (Å²) in [5.74, 6) is 0.126. The van der Waals surface area contributed by atoms with Crippen molar-refractivity contribution in [3.05, 3.63) is 59.7 Å². The minimum atomic E-state index is -0.147. The zero-order chi connectivity index (χ0) is 18.4. The summed E-state index contributed by atoms with van der Waals surface area (Å²) in [6, 6.07) is 16.1. The van der Waals surface area contributed by atoms with E-state index in [1.165, 1.54) is 17.3 Å². The first-order chi connectivity index (χ1) is 12.7. The van der Waals surface area contributed by atoms with Crippen LogP contribution in [0.5, 0.6) is 0 Å². The highest BCUT2D eigenvalue weighted by molar-refractivity contribution is 7.99. The van der Waals surface area contributed by atoms with E-state index in [0.29, 0.717) is 0 Å². The molecule has 5 nitrogen and oxygen atoms in total. The van der Waals surface area contributed by atoms with Crippen molar-refractivity contribution in [2.24, 2.45) is 5.10 Å². The maximum Gasteiger partial charge on any atom is 0.250 e. The third kappa shape index (κ3) is 4.32. The van der Waals surface area contributed by atoms with Gasteiger partial charge in [-0.2, -0.15) is 5.10 Å². The fourth-order valence-corrected chi connectivity index (χ4v) is 3.52. The van der Waals surface area contributed by atoms with Gasteiger partial charge in [-0.15, -0.1) is 0 Å². The average Bonchev–Trinajstić information content (AvgIpc) is 3.04. The molecule has 0 spiro atoms. The Morgan fingerprint density at radius 2 is 1.96 bits per heavy atom. The predicted octanol–water partition coefficient (Wildman–Crippen LogP) is 3.86. The van der Waals surface area contributed by atoms with Gasteiger partial charge >= 0.3 is 0 Å². The second-order valence-electron chi connectivity index (χ2n) is 5.80. The molecule has 1 heterocycles. The first kappa shape index (κ1) is 18.2. The molecule has 0 saturated carbocycles. The van der Waals surface area contributed by atoms with Crippen LogP contribution < -0.4 is 5.43 Å². The highest BCUT2D eigenvalue weighted by atomic mass is 32.2. The number of nitrogens with one attached hydrogen (secondary N) is 1. The van der Waals surface area contributed by atoms with Gasteiger partial charge in [-0.05, 0) is 36.6 Å². The van der Waals surface area contributed by atoms with Crippen molar-refractivity contribution in [1.82, 2.24) is 15.0 Å². The number of hydrogen-bond acceptors (Lipinski definition) is 4. The first-order valence-electron chi connectivity index (χ1n) is 8.70. The van der Waals surface area contributed by atoms with Crippen molar-refractivity contribution in [3.8, 4) is 0 Å². The molecular formula is C20H22N4OS. The summed E-state index contributed by atoms with van der Waals surface area (Å²) in [6.45, 7) is 5.01. The number of benzene rings is 2. The number of thioether (sulfide) groups is 1. The molecule has 3 aromatic rings. The summed E-state index contributed by atoms with van der Waals surface area (Å²) in [4.78, 5) is 16.6. The van der Waals surface area contributed by atoms with Crippen LogP contribution in [-0.2, 0) is 17.8 Å². The number of amides is 1. The molecule has 0 aliphatic heterocycles. The van der Waals surface area contributed by atoms with Crippen molar-refractivity contribution < 1.29 is 4.79 Å². The smallest absolute Gasteiger partial charge is 0.250 e. The monoisotopic (exact) mass is 366 g/mol. The molecule has 6 heteroatoms. The summed E-state index contributed by atoms with van der Waals surface area (Å²) in [6.07, 6.45) is 2.66. The summed E-state index contributed by atoms with van der Waals surface area (Å²) >= 11 is 1.42. The van der Waals surface area contributed by atoms with Crippen LogP contribution in [0.4, 0.5) is 0 Å². The van der Waals surface area contributed by atoms with Gasteiger partial charge in [0.25, 0.3) is 5.91 Å². The second-order valence-corrected chi connectivity index (χ2v) is 6.75. The topological polar surface area (TPSA) is 59.3 Å². The lowest BCUT2D eigenvalue weighted by atomic mass is 10.1. The normalized spacial score (nSPS) is 11.3. The van der Waals surface area contributed by atoms with Crippen LogP contribution in [0.15, 0.2) is 58.8 Å².